The van der Waals surface area contributed by atoms with Crippen LogP contribution >= 0.6 is 19.2 Å². The average Bonchev–Trinajstić information content (AvgIpc) is 1.57. The molecule has 0 saturated carbocycles. The van der Waals surface area contributed by atoms with E-state index in [1.165, 1.54) is 6.08 Å². The van der Waals surface area contributed by atoms with Crippen molar-refractivity contribution in [3.05, 3.63) is 12.2 Å². The molecular formula is C4H6ClO3P. The van der Waals surface area contributed by atoms with Gasteiger partial charge in [0.05, 0.1) is 0 Å². The lowest BCUT2D eigenvalue weighted by Gasteiger charge is -2.28. The second kappa shape index (κ2) is 1.83. The Morgan fingerprint density at radius 2 is 2.11 bits per heavy atom. The van der Waals surface area contributed by atoms with Gasteiger partial charge in [-0.15, -0.1) is 11.6 Å². The Morgan fingerprint density at radius 1 is 1.67 bits per heavy atom. The zero-order valence-corrected chi connectivity index (χ0v) is 6.14. The summed E-state index contributed by atoms with van der Waals surface area (Å²) in [5, 5.41) is 0. The summed E-state index contributed by atoms with van der Waals surface area (Å²) in [4.78, 5) is 17.0. The minimum Gasteiger partial charge on any atom is -0.323 e. The van der Waals surface area contributed by atoms with Gasteiger partial charge >= 0.3 is 7.60 Å². The molecule has 3 nitrogen and oxygen atoms in total. The first-order valence-electron chi connectivity index (χ1n) is 2.38. The minimum atomic E-state index is -4.10. The molecule has 52 valence electrons. The number of halogens is 1. The molecule has 0 aromatic rings. The van der Waals surface area contributed by atoms with E-state index in [1.54, 1.807) is 6.08 Å². The van der Waals surface area contributed by atoms with Crippen LogP contribution in [0.2, 0.25) is 0 Å². The van der Waals surface area contributed by atoms with Crippen molar-refractivity contribution in [2.75, 3.05) is 0 Å². The third-order valence-corrected chi connectivity index (χ3v) is 3.50. The Hall–Kier alpha value is 0.180. The fourth-order valence-corrected chi connectivity index (χ4v) is 1.35. The zero-order valence-electron chi connectivity index (χ0n) is 4.49. The molecule has 0 heterocycles. The van der Waals surface area contributed by atoms with E-state index in [0.717, 1.165) is 0 Å². The van der Waals surface area contributed by atoms with Gasteiger partial charge < -0.3 is 9.79 Å². The van der Waals surface area contributed by atoms with Crippen molar-refractivity contribution >= 4 is 19.2 Å². The molecule has 1 atom stereocenters. The van der Waals surface area contributed by atoms with E-state index in [2.05, 4.69) is 0 Å². The summed E-state index contributed by atoms with van der Waals surface area (Å²) in [7, 11) is -4.10. The maximum atomic E-state index is 10.4. The van der Waals surface area contributed by atoms with E-state index in [0.29, 0.717) is 0 Å². The highest BCUT2D eigenvalue weighted by atomic mass is 35.5. The van der Waals surface area contributed by atoms with E-state index in [4.69, 9.17) is 21.4 Å². The van der Waals surface area contributed by atoms with E-state index in [1.807, 2.05) is 0 Å². The highest BCUT2D eigenvalue weighted by molar-refractivity contribution is 7.56. The Labute approximate surface area is 57.5 Å². The lowest BCUT2D eigenvalue weighted by atomic mass is 10.1. The summed E-state index contributed by atoms with van der Waals surface area (Å²) >= 11 is 5.43. The predicted molar refractivity (Wildman–Crippen MR) is 34.4 cm³/mol. The summed E-state index contributed by atoms with van der Waals surface area (Å²) < 4.78 is 9.06. The van der Waals surface area contributed by atoms with Crippen LogP contribution in [0.25, 0.3) is 0 Å². The molecule has 0 aliphatic heterocycles. The summed E-state index contributed by atoms with van der Waals surface area (Å²) in [6.45, 7) is 0. The quantitative estimate of drug-likeness (QED) is 0.350. The minimum absolute atomic E-state index is 0.263. The SMILES string of the molecule is O=P(O)(O)C1(Cl)C=CC1. The third kappa shape index (κ3) is 1.06. The summed E-state index contributed by atoms with van der Waals surface area (Å²) in [6, 6.07) is 0. The van der Waals surface area contributed by atoms with E-state index < -0.39 is 12.2 Å². The smallest absolute Gasteiger partial charge is 0.323 e. The van der Waals surface area contributed by atoms with Crippen molar-refractivity contribution in [2.45, 2.75) is 11.0 Å². The maximum Gasteiger partial charge on any atom is 0.350 e. The van der Waals surface area contributed by atoms with Gasteiger partial charge in [0.1, 0.15) is 0 Å². The number of hydrogen-bond acceptors (Lipinski definition) is 1. The van der Waals surface area contributed by atoms with Crippen molar-refractivity contribution in [1.29, 1.82) is 0 Å². The molecule has 9 heavy (non-hydrogen) atoms. The van der Waals surface area contributed by atoms with Gasteiger partial charge in [0, 0.05) is 0 Å². The van der Waals surface area contributed by atoms with E-state index in [-0.39, 0.29) is 6.42 Å². The standard InChI is InChI=1S/C4H6ClO3P/c5-4(2-1-3-4)9(6,7)8/h1-2H,3H2,(H2,6,7,8). The van der Waals surface area contributed by atoms with Crippen LogP contribution in [-0.4, -0.2) is 14.4 Å². The Bertz CT molecular complexity index is 196. The lowest BCUT2D eigenvalue weighted by Crippen LogP contribution is -2.23. The highest BCUT2D eigenvalue weighted by Gasteiger charge is 2.45. The summed E-state index contributed by atoms with van der Waals surface area (Å²) in [5.74, 6) is 0. The number of alkyl halides is 1. The van der Waals surface area contributed by atoms with Crippen molar-refractivity contribution in [3.8, 4) is 0 Å². The normalized spacial score (nSPS) is 34.1. The molecule has 5 heteroatoms. The van der Waals surface area contributed by atoms with Gasteiger partial charge in [-0.3, -0.25) is 4.57 Å². The molecule has 0 radical (unpaired) electrons. The van der Waals surface area contributed by atoms with Crippen LogP contribution in [0.1, 0.15) is 6.42 Å². The first-order valence-corrected chi connectivity index (χ1v) is 4.37. The fraction of sp³-hybridized carbons (Fsp3) is 0.500. The third-order valence-electron chi connectivity index (χ3n) is 1.26. The average molecular weight is 169 g/mol. The number of rotatable bonds is 1. The topological polar surface area (TPSA) is 57.5 Å². The molecule has 0 aromatic heterocycles. The largest absolute Gasteiger partial charge is 0.350 e. The van der Waals surface area contributed by atoms with Crippen LogP contribution in [0.4, 0.5) is 0 Å². The number of allylic oxidation sites excluding steroid dienone is 2. The van der Waals surface area contributed by atoms with Crippen molar-refractivity contribution in [3.63, 3.8) is 0 Å². The monoisotopic (exact) mass is 168 g/mol. The second-order valence-electron chi connectivity index (χ2n) is 1.97. The zero-order chi connectivity index (χ0) is 7.12. The van der Waals surface area contributed by atoms with Crippen molar-refractivity contribution in [1.82, 2.24) is 0 Å². The second-order valence-corrected chi connectivity index (χ2v) is 4.79. The maximum absolute atomic E-state index is 10.4. The molecule has 0 aromatic carbocycles. The van der Waals surface area contributed by atoms with Crippen molar-refractivity contribution < 1.29 is 14.4 Å². The van der Waals surface area contributed by atoms with Crippen LogP contribution in [0.3, 0.4) is 0 Å². The first-order chi connectivity index (χ1) is 3.96. The Balaban J connectivity index is 2.86. The molecule has 0 spiro atoms. The molecule has 0 bridgehead atoms. The molecule has 0 amide bonds. The van der Waals surface area contributed by atoms with Gasteiger partial charge in [0.2, 0.25) is 0 Å². The van der Waals surface area contributed by atoms with E-state index in [9.17, 15) is 4.57 Å². The Morgan fingerprint density at radius 3 is 2.11 bits per heavy atom. The predicted octanol–water partition coefficient (Wildman–Crippen LogP) is 1.06. The molecule has 0 fully saturated rings. The summed E-state index contributed by atoms with van der Waals surface area (Å²) in [6.07, 6.45) is 3.22. The van der Waals surface area contributed by atoms with Crippen LogP contribution in [-0.2, 0) is 4.57 Å². The molecule has 1 aliphatic carbocycles. The Kier molecular flexibility index (Phi) is 1.48. The van der Waals surface area contributed by atoms with Gasteiger partial charge in [0.25, 0.3) is 0 Å². The van der Waals surface area contributed by atoms with Gasteiger partial charge in [-0.25, -0.2) is 0 Å². The van der Waals surface area contributed by atoms with Gasteiger partial charge in [-0.1, -0.05) is 12.2 Å². The van der Waals surface area contributed by atoms with Gasteiger partial charge in [-0.2, -0.15) is 0 Å². The van der Waals surface area contributed by atoms with Gasteiger partial charge in [-0.05, 0) is 6.42 Å². The fourth-order valence-electron chi connectivity index (χ4n) is 0.528. The molecule has 1 unspecified atom stereocenters. The van der Waals surface area contributed by atoms with Crippen LogP contribution in [0.15, 0.2) is 12.2 Å². The highest BCUT2D eigenvalue weighted by Crippen LogP contribution is 2.59. The van der Waals surface area contributed by atoms with Crippen molar-refractivity contribution in [2.24, 2.45) is 0 Å². The van der Waals surface area contributed by atoms with E-state index >= 15 is 0 Å². The molecule has 0 saturated heterocycles. The van der Waals surface area contributed by atoms with Gasteiger partial charge in [0.15, 0.2) is 4.62 Å². The first kappa shape index (κ1) is 7.29. The molecule has 1 aliphatic rings. The lowest BCUT2D eigenvalue weighted by molar-refractivity contribution is 0.355. The van der Waals surface area contributed by atoms with Crippen LogP contribution in [0, 0.1) is 0 Å². The molecule has 2 N–H and O–H groups in total. The molecular weight excluding hydrogens is 162 g/mol. The number of hydrogen-bond donors (Lipinski definition) is 2. The summed E-state index contributed by atoms with van der Waals surface area (Å²) in [5.41, 5.74) is 0. The van der Waals surface area contributed by atoms with Crippen LogP contribution in [0.5, 0.6) is 0 Å². The molecule has 1 rings (SSSR count). The van der Waals surface area contributed by atoms with Crippen LogP contribution < -0.4 is 0 Å².